The van der Waals surface area contributed by atoms with Crippen LogP contribution in [0, 0.1) is 0 Å². The number of ether oxygens (including phenoxy) is 2. The van der Waals surface area contributed by atoms with Crippen LogP contribution in [0.2, 0.25) is 0 Å². The van der Waals surface area contributed by atoms with Crippen molar-refractivity contribution in [3.63, 3.8) is 0 Å². The highest BCUT2D eigenvalue weighted by atomic mass is 19.4. The van der Waals surface area contributed by atoms with E-state index in [2.05, 4.69) is 5.16 Å². The topological polar surface area (TPSA) is 70.5 Å². The Hall–Kier alpha value is -2.38. The summed E-state index contributed by atoms with van der Waals surface area (Å²) in [5.41, 5.74) is 4.55. The molecule has 8 heteroatoms. The third kappa shape index (κ3) is 2.49. The van der Waals surface area contributed by atoms with Crippen LogP contribution in [-0.2, 0) is 6.18 Å². The van der Waals surface area contributed by atoms with Gasteiger partial charge in [-0.15, -0.1) is 0 Å². The molecule has 0 atom stereocenters. The predicted molar refractivity (Wildman–Crippen MR) is 64.5 cm³/mol. The van der Waals surface area contributed by atoms with Gasteiger partial charge >= 0.3 is 6.18 Å². The van der Waals surface area contributed by atoms with Crippen molar-refractivity contribution in [3.8, 4) is 22.8 Å². The molecule has 1 heterocycles. The van der Waals surface area contributed by atoms with E-state index in [0.29, 0.717) is 0 Å². The van der Waals surface area contributed by atoms with Crippen molar-refractivity contribution in [2.24, 2.45) is 0 Å². The average Bonchev–Trinajstić information content (AvgIpc) is 2.82. The Bertz CT molecular complexity index is 623. The highest BCUT2D eigenvalue weighted by Gasteiger charge is 2.36. The SMILES string of the molecule is COc1cc(-c2cc(N)no2)cc(C(F)(F)F)c1OC. The molecule has 0 aliphatic rings. The molecular weight excluding hydrogens is 277 g/mol. The van der Waals surface area contributed by atoms with Crippen LogP contribution in [0.25, 0.3) is 11.3 Å². The van der Waals surface area contributed by atoms with Crippen LogP contribution < -0.4 is 15.2 Å². The van der Waals surface area contributed by atoms with E-state index in [1.807, 2.05) is 0 Å². The molecule has 0 saturated carbocycles. The first-order valence-electron chi connectivity index (χ1n) is 5.42. The van der Waals surface area contributed by atoms with Gasteiger partial charge in [0.2, 0.25) is 0 Å². The minimum Gasteiger partial charge on any atom is -0.493 e. The van der Waals surface area contributed by atoms with Crippen LogP contribution in [0.5, 0.6) is 11.5 Å². The normalized spacial score (nSPS) is 11.4. The van der Waals surface area contributed by atoms with Crippen molar-refractivity contribution in [3.05, 3.63) is 23.8 Å². The summed E-state index contributed by atoms with van der Waals surface area (Å²) < 4.78 is 53.7. The van der Waals surface area contributed by atoms with E-state index in [1.54, 1.807) is 0 Å². The number of aromatic nitrogens is 1. The third-order valence-corrected chi connectivity index (χ3v) is 2.60. The molecule has 0 bridgehead atoms. The first-order valence-corrected chi connectivity index (χ1v) is 5.42. The summed E-state index contributed by atoms with van der Waals surface area (Å²) in [5, 5.41) is 3.43. The maximum Gasteiger partial charge on any atom is 0.420 e. The molecule has 20 heavy (non-hydrogen) atoms. The summed E-state index contributed by atoms with van der Waals surface area (Å²) in [6.07, 6.45) is -4.60. The van der Waals surface area contributed by atoms with Crippen LogP contribution in [0.4, 0.5) is 19.0 Å². The standard InChI is InChI=1S/C12H11F3N2O3/c1-18-9-4-6(8-5-10(16)17-20-8)3-7(11(9)19-2)12(13,14)15/h3-5H,1-2H3,(H2,16,17). The van der Waals surface area contributed by atoms with Gasteiger partial charge in [0.15, 0.2) is 23.1 Å². The Balaban J connectivity index is 2.67. The second-order valence-corrected chi connectivity index (χ2v) is 3.87. The molecule has 5 nitrogen and oxygen atoms in total. The van der Waals surface area contributed by atoms with Gasteiger partial charge in [-0.25, -0.2) is 0 Å². The molecule has 2 aromatic rings. The summed E-state index contributed by atoms with van der Waals surface area (Å²) in [7, 11) is 2.38. The molecule has 1 aromatic heterocycles. The molecule has 0 aliphatic carbocycles. The maximum absolute atomic E-state index is 13.0. The number of halogens is 3. The fourth-order valence-electron chi connectivity index (χ4n) is 1.74. The molecule has 2 N–H and O–H groups in total. The number of anilines is 1. The van der Waals surface area contributed by atoms with E-state index in [4.69, 9.17) is 19.7 Å². The maximum atomic E-state index is 13.0. The van der Waals surface area contributed by atoms with Gasteiger partial charge < -0.3 is 19.7 Å². The number of nitrogen functional groups attached to an aromatic ring is 1. The van der Waals surface area contributed by atoms with E-state index < -0.39 is 17.5 Å². The second kappa shape index (κ2) is 4.95. The number of methoxy groups -OCH3 is 2. The molecule has 0 radical (unpaired) electrons. The molecule has 0 unspecified atom stereocenters. The summed E-state index contributed by atoms with van der Waals surface area (Å²) in [4.78, 5) is 0. The van der Waals surface area contributed by atoms with Gasteiger partial charge in [0.05, 0.1) is 14.2 Å². The van der Waals surface area contributed by atoms with Crippen molar-refractivity contribution in [1.29, 1.82) is 0 Å². The number of nitrogens with two attached hydrogens (primary N) is 1. The number of nitrogens with zero attached hydrogens (tertiary/aromatic N) is 1. The summed E-state index contributed by atoms with van der Waals surface area (Å²) in [5.74, 6) is -0.277. The van der Waals surface area contributed by atoms with Gasteiger partial charge in [-0.05, 0) is 12.1 Å². The van der Waals surface area contributed by atoms with E-state index >= 15 is 0 Å². The lowest BCUT2D eigenvalue weighted by Gasteiger charge is -2.16. The predicted octanol–water partition coefficient (Wildman–Crippen LogP) is 2.96. The monoisotopic (exact) mass is 288 g/mol. The lowest BCUT2D eigenvalue weighted by atomic mass is 10.1. The quantitative estimate of drug-likeness (QED) is 0.940. The molecule has 1 aromatic carbocycles. The number of benzene rings is 1. The van der Waals surface area contributed by atoms with Gasteiger partial charge in [0, 0.05) is 11.6 Å². The number of hydrogen-bond donors (Lipinski definition) is 1. The van der Waals surface area contributed by atoms with Crippen LogP contribution >= 0.6 is 0 Å². The van der Waals surface area contributed by atoms with E-state index in [1.165, 1.54) is 19.2 Å². The zero-order valence-electron chi connectivity index (χ0n) is 10.6. The first kappa shape index (κ1) is 14.0. The second-order valence-electron chi connectivity index (χ2n) is 3.87. The van der Waals surface area contributed by atoms with Crippen molar-refractivity contribution < 1.29 is 27.2 Å². The fourth-order valence-corrected chi connectivity index (χ4v) is 1.74. The van der Waals surface area contributed by atoms with Crippen molar-refractivity contribution in [1.82, 2.24) is 5.16 Å². The third-order valence-electron chi connectivity index (χ3n) is 2.60. The molecule has 0 amide bonds. The molecule has 2 rings (SSSR count). The Morgan fingerprint density at radius 3 is 2.30 bits per heavy atom. The number of hydrogen-bond acceptors (Lipinski definition) is 5. The zero-order chi connectivity index (χ0) is 14.9. The number of alkyl halides is 3. The van der Waals surface area contributed by atoms with Crippen molar-refractivity contribution in [2.75, 3.05) is 20.0 Å². The largest absolute Gasteiger partial charge is 0.493 e. The lowest BCUT2D eigenvalue weighted by Crippen LogP contribution is -2.09. The van der Waals surface area contributed by atoms with Gasteiger partial charge in [-0.3, -0.25) is 0 Å². The van der Waals surface area contributed by atoms with Crippen LogP contribution in [0.3, 0.4) is 0 Å². The minimum absolute atomic E-state index is 0.0627. The highest BCUT2D eigenvalue weighted by Crippen LogP contribution is 2.44. The Labute approximate surface area is 112 Å². The van der Waals surface area contributed by atoms with Crippen molar-refractivity contribution >= 4 is 5.82 Å². The fraction of sp³-hybridized carbons (Fsp3) is 0.250. The molecule has 0 spiro atoms. The van der Waals surface area contributed by atoms with Gasteiger partial charge in [-0.1, -0.05) is 5.16 Å². The Morgan fingerprint density at radius 2 is 1.85 bits per heavy atom. The minimum atomic E-state index is -4.60. The molecular formula is C12H11F3N2O3. The summed E-state index contributed by atoms with van der Waals surface area (Å²) in [6, 6.07) is 3.57. The zero-order valence-corrected chi connectivity index (χ0v) is 10.6. The van der Waals surface area contributed by atoms with E-state index in [-0.39, 0.29) is 22.9 Å². The Kier molecular flexibility index (Phi) is 3.47. The van der Waals surface area contributed by atoms with Gasteiger partial charge in [0.25, 0.3) is 0 Å². The highest BCUT2D eigenvalue weighted by molar-refractivity contribution is 5.67. The molecule has 0 saturated heterocycles. The molecule has 0 fully saturated rings. The summed E-state index contributed by atoms with van der Waals surface area (Å²) in [6.45, 7) is 0. The van der Waals surface area contributed by atoms with E-state index in [9.17, 15) is 13.2 Å². The van der Waals surface area contributed by atoms with Gasteiger partial charge in [-0.2, -0.15) is 13.2 Å². The lowest BCUT2D eigenvalue weighted by molar-refractivity contribution is -0.138. The molecule has 108 valence electrons. The van der Waals surface area contributed by atoms with E-state index in [0.717, 1.165) is 13.2 Å². The smallest absolute Gasteiger partial charge is 0.420 e. The van der Waals surface area contributed by atoms with Crippen LogP contribution in [0.15, 0.2) is 22.7 Å². The van der Waals surface area contributed by atoms with Crippen molar-refractivity contribution in [2.45, 2.75) is 6.18 Å². The van der Waals surface area contributed by atoms with Crippen LogP contribution in [-0.4, -0.2) is 19.4 Å². The molecule has 0 aliphatic heterocycles. The van der Waals surface area contributed by atoms with Crippen LogP contribution in [0.1, 0.15) is 5.56 Å². The first-order chi connectivity index (χ1) is 9.36. The summed E-state index contributed by atoms with van der Waals surface area (Å²) >= 11 is 0. The van der Waals surface area contributed by atoms with Gasteiger partial charge in [0.1, 0.15) is 5.56 Å². The average molecular weight is 288 g/mol. The Morgan fingerprint density at radius 1 is 1.15 bits per heavy atom. The number of rotatable bonds is 3.